The third kappa shape index (κ3) is 3.96. The molecule has 0 aromatic heterocycles. The van der Waals surface area contributed by atoms with Gasteiger partial charge in [-0.1, -0.05) is 11.6 Å². The van der Waals surface area contributed by atoms with Gasteiger partial charge in [-0.25, -0.2) is 4.79 Å². The maximum absolute atomic E-state index is 11.1. The molecule has 0 aliphatic carbocycles. The van der Waals surface area contributed by atoms with Crippen LogP contribution >= 0.6 is 0 Å². The first-order valence-electron chi connectivity index (χ1n) is 6.86. The van der Waals surface area contributed by atoms with Crippen LogP contribution in [0.5, 0.6) is 5.75 Å². The summed E-state index contributed by atoms with van der Waals surface area (Å²) in [5, 5.41) is 9.13. The van der Waals surface area contributed by atoms with E-state index in [4.69, 9.17) is 9.84 Å². The number of hydrogen-bond donors (Lipinski definition) is 1. The van der Waals surface area contributed by atoms with Crippen molar-refractivity contribution in [3.63, 3.8) is 0 Å². The second kappa shape index (κ2) is 6.57. The van der Waals surface area contributed by atoms with Crippen molar-refractivity contribution in [2.24, 2.45) is 0 Å². The monoisotopic (exact) mass is 263 g/mol. The van der Waals surface area contributed by atoms with E-state index < -0.39 is 5.97 Å². The molecule has 4 nitrogen and oxygen atoms in total. The van der Waals surface area contributed by atoms with Gasteiger partial charge in [-0.15, -0.1) is 0 Å². The highest BCUT2D eigenvalue weighted by molar-refractivity contribution is 5.91. The highest BCUT2D eigenvalue weighted by Gasteiger charge is 2.13. The van der Waals surface area contributed by atoms with Crippen LogP contribution in [-0.2, 0) is 0 Å². The van der Waals surface area contributed by atoms with Gasteiger partial charge in [0.25, 0.3) is 0 Å². The zero-order valence-electron chi connectivity index (χ0n) is 11.4. The van der Waals surface area contributed by atoms with Crippen LogP contribution in [0, 0.1) is 6.92 Å². The van der Waals surface area contributed by atoms with Crippen LogP contribution < -0.4 is 4.74 Å². The standard InChI is InChI=1S/C15H21NO3/c1-12-5-6-14(13(11-12)15(17)18)19-10-4-9-16-7-2-3-8-16/h5-6,11H,2-4,7-10H2,1H3,(H,17,18). The van der Waals surface area contributed by atoms with Crippen molar-refractivity contribution in [1.29, 1.82) is 0 Å². The van der Waals surface area contributed by atoms with E-state index in [1.807, 2.05) is 13.0 Å². The topological polar surface area (TPSA) is 49.8 Å². The molecule has 1 aliphatic heterocycles. The molecule has 19 heavy (non-hydrogen) atoms. The average Bonchev–Trinajstić information content (AvgIpc) is 2.89. The Hall–Kier alpha value is -1.55. The summed E-state index contributed by atoms with van der Waals surface area (Å²) in [6.07, 6.45) is 3.52. The number of aromatic carboxylic acids is 1. The molecular formula is C15H21NO3. The van der Waals surface area contributed by atoms with Gasteiger partial charge in [-0.3, -0.25) is 0 Å². The molecule has 1 aromatic rings. The smallest absolute Gasteiger partial charge is 0.339 e. The lowest BCUT2D eigenvalue weighted by molar-refractivity contribution is 0.0692. The van der Waals surface area contributed by atoms with E-state index in [1.165, 1.54) is 25.9 Å². The third-order valence-corrected chi connectivity index (χ3v) is 3.44. The van der Waals surface area contributed by atoms with Gasteiger partial charge in [0.2, 0.25) is 0 Å². The molecule has 1 N–H and O–H groups in total. The maximum atomic E-state index is 11.1. The number of ether oxygens (including phenoxy) is 1. The fourth-order valence-electron chi connectivity index (χ4n) is 2.41. The van der Waals surface area contributed by atoms with E-state index in [0.717, 1.165) is 18.5 Å². The summed E-state index contributed by atoms with van der Waals surface area (Å²) in [4.78, 5) is 13.6. The predicted octanol–water partition coefficient (Wildman–Crippen LogP) is 2.56. The molecule has 1 aliphatic rings. The van der Waals surface area contributed by atoms with E-state index in [1.54, 1.807) is 12.1 Å². The normalized spacial score (nSPS) is 15.6. The molecule has 0 amide bonds. The number of benzene rings is 1. The van der Waals surface area contributed by atoms with Crippen LogP contribution in [0.25, 0.3) is 0 Å². The van der Waals surface area contributed by atoms with Crippen LogP contribution in [0.2, 0.25) is 0 Å². The van der Waals surface area contributed by atoms with Crippen LogP contribution in [-0.4, -0.2) is 42.2 Å². The van der Waals surface area contributed by atoms with E-state index in [9.17, 15) is 4.79 Å². The fourth-order valence-corrected chi connectivity index (χ4v) is 2.41. The number of aryl methyl sites for hydroxylation is 1. The highest BCUT2D eigenvalue weighted by Crippen LogP contribution is 2.20. The average molecular weight is 263 g/mol. The summed E-state index contributed by atoms with van der Waals surface area (Å²) < 4.78 is 5.61. The van der Waals surface area contributed by atoms with Crippen molar-refractivity contribution in [2.75, 3.05) is 26.2 Å². The zero-order valence-corrected chi connectivity index (χ0v) is 11.4. The minimum Gasteiger partial charge on any atom is -0.493 e. The molecule has 104 valence electrons. The molecule has 4 heteroatoms. The van der Waals surface area contributed by atoms with Gasteiger partial charge in [0, 0.05) is 6.54 Å². The second-order valence-electron chi connectivity index (χ2n) is 5.06. The summed E-state index contributed by atoms with van der Waals surface area (Å²) >= 11 is 0. The SMILES string of the molecule is Cc1ccc(OCCCN2CCCC2)c(C(=O)O)c1. The number of carboxylic acids is 1. The third-order valence-electron chi connectivity index (χ3n) is 3.44. The number of likely N-dealkylation sites (tertiary alicyclic amines) is 1. The van der Waals surface area contributed by atoms with E-state index in [0.29, 0.717) is 12.4 Å². The number of carbonyl (C=O) groups is 1. The molecule has 0 unspecified atom stereocenters. The summed E-state index contributed by atoms with van der Waals surface area (Å²) in [7, 11) is 0. The number of rotatable bonds is 6. The van der Waals surface area contributed by atoms with Gasteiger partial charge in [0.05, 0.1) is 6.61 Å². The van der Waals surface area contributed by atoms with Gasteiger partial charge in [-0.05, 0) is 51.4 Å². The quantitative estimate of drug-likeness (QED) is 0.801. The Morgan fingerprint density at radius 2 is 2.11 bits per heavy atom. The largest absolute Gasteiger partial charge is 0.493 e. The van der Waals surface area contributed by atoms with Gasteiger partial charge < -0.3 is 14.7 Å². The molecular weight excluding hydrogens is 242 g/mol. The van der Waals surface area contributed by atoms with Gasteiger partial charge in [0.1, 0.15) is 11.3 Å². The Kier molecular flexibility index (Phi) is 4.80. The van der Waals surface area contributed by atoms with Crippen molar-refractivity contribution in [2.45, 2.75) is 26.2 Å². The predicted molar refractivity (Wildman–Crippen MR) is 73.9 cm³/mol. The molecule has 0 saturated carbocycles. The molecule has 0 spiro atoms. The summed E-state index contributed by atoms with van der Waals surface area (Å²) in [5.41, 5.74) is 1.18. The molecule has 0 radical (unpaired) electrons. The fraction of sp³-hybridized carbons (Fsp3) is 0.533. The number of carboxylic acid groups (broad SMARTS) is 1. The molecule has 1 aromatic carbocycles. The lowest BCUT2D eigenvalue weighted by atomic mass is 10.1. The van der Waals surface area contributed by atoms with Gasteiger partial charge in [-0.2, -0.15) is 0 Å². The molecule has 0 bridgehead atoms. The Labute approximate surface area is 114 Å². The summed E-state index contributed by atoms with van der Waals surface area (Å²) in [6.45, 7) is 5.85. The van der Waals surface area contributed by atoms with Gasteiger partial charge >= 0.3 is 5.97 Å². The molecule has 0 atom stereocenters. The first kappa shape index (κ1) is 13.9. The highest BCUT2D eigenvalue weighted by atomic mass is 16.5. The lowest BCUT2D eigenvalue weighted by Crippen LogP contribution is -2.22. The van der Waals surface area contributed by atoms with Crippen LogP contribution in [0.3, 0.4) is 0 Å². The molecule has 1 saturated heterocycles. The summed E-state index contributed by atoms with van der Waals surface area (Å²) in [5.74, 6) is -0.460. The van der Waals surface area contributed by atoms with Crippen molar-refractivity contribution >= 4 is 5.97 Å². The Bertz CT molecular complexity index is 439. The van der Waals surface area contributed by atoms with E-state index in [-0.39, 0.29) is 5.56 Å². The lowest BCUT2D eigenvalue weighted by Gasteiger charge is -2.15. The molecule has 2 rings (SSSR count). The Morgan fingerprint density at radius 1 is 1.37 bits per heavy atom. The van der Waals surface area contributed by atoms with Crippen LogP contribution in [0.1, 0.15) is 35.2 Å². The van der Waals surface area contributed by atoms with Crippen molar-refractivity contribution in [3.8, 4) is 5.75 Å². The van der Waals surface area contributed by atoms with Crippen molar-refractivity contribution in [3.05, 3.63) is 29.3 Å². The maximum Gasteiger partial charge on any atom is 0.339 e. The van der Waals surface area contributed by atoms with Crippen molar-refractivity contribution < 1.29 is 14.6 Å². The number of hydrogen-bond acceptors (Lipinski definition) is 3. The molecule has 1 fully saturated rings. The van der Waals surface area contributed by atoms with Gasteiger partial charge in [0.15, 0.2) is 0 Å². The summed E-state index contributed by atoms with van der Waals surface area (Å²) in [6, 6.07) is 5.27. The van der Waals surface area contributed by atoms with Crippen LogP contribution in [0.15, 0.2) is 18.2 Å². The first-order valence-corrected chi connectivity index (χ1v) is 6.86. The van der Waals surface area contributed by atoms with E-state index >= 15 is 0 Å². The Morgan fingerprint density at radius 3 is 2.79 bits per heavy atom. The zero-order chi connectivity index (χ0) is 13.7. The minimum atomic E-state index is -0.932. The van der Waals surface area contributed by atoms with Crippen LogP contribution in [0.4, 0.5) is 0 Å². The molecule has 1 heterocycles. The van der Waals surface area contributed by atoms with E-state index in [2.05, 4.69) is 4.90 Å². The minimum absolute atomic E-state index is 0.251. The Balaban J connectivity index is 1.83. The second-order valence-corrected chi connectivity index (χ2v) is 5.06. The van der Waals surface area contributed by atoms with Crippen molar-refractivity contribution in [1.82, 2.24) is 4.90 Å². The number of nitrogens with zero attached hydrogens (tertiary/aromatic N) is 1. The first-order chi connectivity index (χ1) is 9.16.